The SMILES string of the molecule is c1ccc(SCCSc2cn[nH]n2)cc1. The molecule has 2 rings (SSSR count). The average Bonchev–Trinajstić information content (AvgIpc) is 2.79. The van der Waals surface area contributed by atoms with Crippen LogP contribution in [0.5, 0.6) is 0 Å². The first-order chi connectivity index (χ1) is 7.45. The zero-order chi connectivity index (χ0) is 10.3. The molecule has 1 aromatic carbocycles. The fourth-order valence-corrected chi connectivity index (χ4v) is 2.78. The van der Waals surface area contributed by atoms with E-state index in [-0.39, 0.29) is 0 Å². The van der Waals surface area contributed by atoms with Crippen molar-refractivity contribution in [2.75, 3.05) is 11.5 Å². The largest absolute Gasteiger partial charge is 0.197 e. The second kappa shape index (κ2) is 5.82. The second-order valence-electron chi connectivity index (χ2n) is 2.82. The Kier molecular flexibility index (Phi) is 4.11. The molecule has 0 atom stereocenters. The minimum Gasteiger partial charge on any atom is -0.197 e. The summed E-state index contributed by atoms with van der Waals surface area (Å²) in [6.07, 6.45) is 1.75. The lowest BCUT2D eigenvalue weighted by Crippen LogP contribution is -1.84. The Balaban J connectivity index is 1.68. The normalized spacial score (nSPS) is 10.4. The van der Waals surface area contributed by atoms with Crippen molar-refractivity contribution in [1.82, 2.24) is 15.4 Å². The van der Waals surface area contributed by atoms with Crippen LogP contribution >= 0.6 is 23.5 Å². The molecule has 0 amide bonds. The third-order valence-electron chi connectivity index (χ3n) is 1.74. The van der Waals surface area contributed by atoms with E-state index in [0.717, 1.165) is 16.5 Å². The molecule has 0 radical (unpaired) electrons. The maximum absolute atomic E-state index is 3.98. The van der Waals surface area contributed by atoms with Crippen LogP contribution in [-0.2, 0) is 0 Å². The highest BCUT2D eigenvalue weighted by atomic mass is 32.2. The van der Waals surface area contributed by atoms with Gasteiger partial charge in [0.2, 0.25) is 0 Å². The Morgan fingerprint density at radius 2 is 1.87 bits per heavy atom. The van der Waals surface area contributed by atoms with E-state index < -0.39 is 0 Å². The van der Waals surface area contributed by atoms with Crippen molar-refractivity contribution in [3.8, 4) is 0 Å². The number of rotatable bonds is 5. The number of hydrogen-bond acceptors (Lipinski definition) is 4. The van der Waals surface area contributed by atoms with Gasteiger partial charge < -0.3 is 0 Å². The summed E-state index contributed by atoms with van der Waals surface area (Å²) in [5.74, 6) is 2.13. The lowest BCUT2D eigenvalue weighted by atomic mass is 10.4. The highest BCUT2D eigenvalue weighted by molar-refractivity contribution is 8.02. The summed E-state index contributed by atoms with van der Waals surface area (Å²) < 4.78 is 0. The van der Waals surface area contributed by atoms with Gasteiger partial charge >= 0.3 is 0 Å². The van der Waals surface area contributed by atoms with Gasteiger partial charge in [-0.25, -0.2) is 0 Å². The molecule has 78 valence electrons. The Bertz CT molecular complexity index is 375. The number of hydrogen-bond donors (Lipinski definition) is 1. The van der Waals surface area contributed by atoms with Gasteiger partial charge in [-0.3, -0.25) is 0 Å². The van der Waals surface area contributed by atoms with Crippen LogP contribution in [0, 0.1) is 0 Å². The van der Waals surface area contributed by atoms with Crippen LogP contribution in [0.1, 0.15) is 0 Å². The maximum atomic E-state index is 3.98. The van der Waals surface area contributed by atoms with Crippen LogP contribution in [-0.4, -0.2) is 26.9 Å². The van der Waals surface area contributed by atoms with Gasteiger partial charge in [0.25, 0.3) is 0 Å². The van der Waals surface area contributed by atoms with E-state index >= 15 is 0 Å². The Labute approximate surface area is 97.0 Å². The monoisotopic (exact) mass is 237 g/mol. The van der Waals surface area contributed by atoms with E-state index in [9.17, 15) is 0 Å². The number of thioether (sulfide) groups is 2. The molecule has 15 heavy (non-hydrogen) atoms. The molecule has 0 aliphatic rings. The minimum absolute atomic E-state index is 0.962. The number of aromatic amines is 1. The molecular weight excluding hydrogens is 226 g/mol. The number of aromatic nitrogens is 3. The summed E-state index contributed by atoms with van der Waals surface area (Å²) in [5.41, 5.74) is 0. The first kappa shape index (κ1) is 10.6. The highest BCUT2D eigenvalue weighted by Crippen LogP contribution is 2.20. The quantitative estimate of drug-likeness (QED) is 0.641. The van der Waals surface area contributed by atoms with Crippen molar-refractivity contribution < 1.29 is 0 Å². The van der Waals surface area contributed by atoms with E-state index in [2.05, 4.69) is 39.7 Å². The molecule has 1 heterocycles. The second-order valence-corrected chi connectivity index (χ2v) is 5.10. The van der Waals surface area contributed by atoms with Gasteiger partial charge in [0, 0.05) is 16.4 Å². The molecule has 1 N–H and O–H groups in total. The zero-order valence-electron chi connectivity index (χ0n) is 8.09. The van der Waals surface area contributed by atoms with Crippen LogP contribution in [0.2, 0.25) is 0 Å². The molecule has 0 saturated carbocycles. The third kappa shape index (κ3) is 3.60. The molecular formula is C10H11N3S2. The van der Waals surface area contributed by atoms with Crippen molar-refractivity contribution in [1.29, 1.82) is 0 Å². The highest BCUT2D eigenvalue weighted by Gasteiger charge is 1.97. The van der Waals surface area contributed by atoms with Crippen LogP contribution in [0.15, 0.2) is 46.5 Å². The molecule has 0 unspecified atom stereocenters. The number of nitrogens with one attached hydrogen (secondary N) is 1. The first-order valence-corrected chi connectivity index (χ1v) is 6.59. The number of H-pyrrole nitrogens is 1. The van der Waals surface area contributed by atoms with Crippen molar-refractivity contribution in [2.45, 2.75) is 9.92 Å². The summed E-state index contributed by atoms with van der Waals surface area (Å²) in [7, 11) is 0. The van der Waals surface area contributed by atoms with E-state index in [1.54, 1.807) is 18.0 Å². The molecule has 0 spiro atoms. The fraction of sp³-hybridized carbons (Fsp3) is 0.200. The lowest BCUT2D eigenvalue weighted by molar-refractivity contribution is 0.911. The molecule has 0 bridgehead atoms. The van der Waals surface area contributed by atoms with Gasteiger partial charge in [0.05, 0.1) is 6.20 Å². The van der Waals surface area contributed by atoms with Crippen LogP contribution in [0.25, 0.3) is 0 Å². The minimum atomic E-state index is 0.962. The summed E-state index contributed by atoms with van der Waals surface area (Å²) in [6, 6.07) is 10.4. The topological polar surface area (TPSA) is 41.6 Å². The van der Waals surface area contributed by atoms with Gasteiger partial charge in [0.1, 0.15) is 5.03 Å². The fourth-order valence-electron chi connectivity index (χ4n) is 1.08. The van der Waals surface area contributed by atoms with Crippen LogP contribution in [0.4, 0.5) is 0 Å². The standard InChI is InChI=1S/C10H11N3S2/c1-2-4-9(5-3-1)14-6-7-15-10-8-11-13-12-10/h1-5,8H,6-7H2,(H,11,12,13). The van der Waals surface area contributed by atoms with Gasteiger partial charge in [0.15, 0.2) is 0 Å². The molecule has 0 fully saturated rings. The van der Waals surface area contributed by atoms with E-state index in [4.69, 9.17) is 0 Å². The summed E-state index contributed by atoms with van der Waals surface area (Å²) in [4.78, 5) is 1.32. The predicted molar refractivity (Wildman–Crippen MR) is 64.3 cm³/mol. The van der Waals surface area contributed by atoms with E-state index in [0.29, 0.717) is 0 Å². The van der Waals surface area contributed by atoms with Gasteiger partial charge in [-0.05, 0) is 12.1 Å². The van der Waals surface area contributed by atoms with Crippen LogP contribution < -0.4 is 0 Å². The molecule has 0 aliphatic carbocycles. The number of nitrogens with zero attached hydrogens (tertiary/aromatic N) is 2. The summed E-state index contributed by atoms with van der Waals surface area (Å²) in [6.45, 7) is 0. The Hall–Kier alpha value is -0.940. The van der Waals surface area contributed by atoms with Crippen molar-refractivity contribution in [3.05, 3.63) is 36.5 Å². The van der Waals surface area contributed by atoms with Gasteiger partial charge in [-0.1, -0.05) is 18.2 Å². The molecule has 0 aliphatic heterocycles. The Morgan fingerprint density at radius 3 is 2.60 bits per heavy atom. The summed E-state index contributed by atoms with van der Waals surface area (Å²) >= 11 is 3.58. The third-order valence-corrected chi connectivity index (χ3v) is 3.91. The van der Waals surface area contributed by atoms with Crippen molar-refractivity contribution >= 4 is 23.5 Å². The number of benzene rings is 1. The lowest BCUT2D eigenvalue weighted by Gasteiger charge is -1.99. The molecule has 2 aromatic rings. The van der Waals surface area contributed by atoms with Crippen molar-refractivity contribution in [2.24, 2.45) is 0 Å². The summed E-state index contributed by atoms with van der Waals surface area (Å²) in [5, 5.41) is 11.3. The molecule has 3 nitrogen and oxygen atoms in total. The Morgan fingerprint density at radius 1 is 1.07 bits per heavy atom. The molecule has 0 saturated heterocycles. The molecule has 1 aromatic heterocycles. The first-order valence-electron chi connectivity index (χ1n) is 4.61. The van der Waals surface area contributed by atoms with E-state index in [1.807, 2.05) is 17.8 Å². The van der Waals surface area contributed by atoms with E-state index in [1.165, 1.54) is 4.90 Å². The van der Waals surface area contributed by atoms with Gasteiger partial charge in [-0.2, -0.15) is 10.3 Å². The predicted octanol–water partition coefficient (Wildman–Crippen LogP) is 2.69. The zero-order valence-corrected chi connectivity index (χ0v) is 9.72. The smallest absolute Gasteiger partial charge is 0.138 e. The molecule has 5 heteroatoms. The maximum Gasteiger partial charge on any atom is 0.138 e. The van der Waals surface area contributed by atoms with Crippen molar-refractivity contribution in [3.63, 3.8) is 0 Å². The van der Waals surface area contributed by atoms with Gasteiger partial charge in [-0.15, -0.1) is 28.6 Å². The van der Waals surface area contributed by atoms with Crippen LogP contribution in [0.3, 0.4) is 0 Å². The average molecular weight is 237 g/mol.